The average Bonchev–Trinajstić information content (AvgIpc) is 3.44. The van der Waals surface area contributed by atoms with Crippen LogP contribution in [-0.4, -0.2) is 41.1 Å². The highest BCUT2D eigenvalue weighted by molar-refractivity contribution is 5.48. The number of unbranched alkanes of at least 4 members (excludes halogenated alkanes) is 1. The zero-order valence-corrected chi connectivity index (χ0v) is 21.9. The first-order valence-electron chi connectivity index (χ1n) is 12.1. The van der Waals surface area contributed by atoms with Crippen LogP contribution in [0.5, 0.6) is 11.5 Å². The van der Waals surface area contributed by atoms with Gasteiger partial charge in [0, 0.05) is 0 Å². The largest absolute Gasteiger partial charge is 0.457 e. The summed E-state index contributed by atoms with van der Waals surface area (Å²) in [5.74, 6) is 1.16. The molecule has 0 aliphatic rings. The molecule has 0 atom stereocenters. The van der Waals surface area contributed by atoms with Crippen LogP contribution in [0.4, 0.5) is 4.39 Å². The molecule has 0 aliphatic carbocycles. The van der Waals surface area contributed by atoms with E-state index in [-0.39, 0.29) is 12.2 Å². The highest BCUT2D eigenvalue weighted by Crippen LogP contribution is 2.22. The van der Waals surface area contributed by atoms with Gasteiger partial charge < -0.3 is 20.6 Å². The summed E-state index contributed by atoms with van der Waals surface area (Å²) in [6.45, 7) is 3.44. The lowest BCUT2D eigenvalue weighted by atomic mass is 10.1. The Morgan fingerprint density at radius 1 is 0.947 bits per heavy atom. The molecule has 0 radical (unpaired) electrons. The van der Waals surface area contributed by atoms with Crippen molar-refractivity contribution < 1.29 is 18.7 Å². The first kappa shape index (κ1) is 31.7. The first-order chi connectivity index (χ1) is 18.5. The first-order valence-corrected chi connectivity index (χ1v) is 12.1. The minimum absolute atomic E-state index is 0.250. The van der Waals surface area contributed by atoms with E-state index >= 15 is 0 Å². The van der Waals surface area contributed by atoms with Crippen LogP contribution in [0.1, 0.15) is 24.0 Å². The number of benzene rings is 3. The van der Waals surface area contributed by atoms with Gasteiger partial charge in [-0.1, -0.05) is 48.0 Å². The third kappa shape index (κ3) is 15.6. The van der Waals surface area contributed by atoms with Crippen molar-refractivity contribution in [1.29, 1.82) is 0 Å². The van der Waals surface area contributed by atoms with E-state index < -0.39 is 0 Å². The van der Waals surface area contributed by atoms with Gasteiger partial charge in [0.15, 0.2) is 0 Å². The molecule has 0 fully saturated rings. The molecule has 0 saturated carbocycles. The van der Waals surface area contributed by atoms with Crippen molar-refractivity contribution in [2.24, 2.45) is 5.73 Å². The quantitative estimate of drug-likeness (QED) is 0.243. The van der Waals surface area contributed by atoms with Gasteiger partial charge >= 0.3 is 0 Å². The maximum Gasteiger partial charge on any atom is 0.204 e. The number of amides is 1. The summed E-state index contributed by atoms with van der Waals surface area (Å²) < 4.78 is 19.9. The zero-order chi connectivity index (χ0) is 27.8. The molecule has 8 nitrogen and oxygen atoms in total. The Morgan fingerprint density at radius 2 is 1.55 bits per heavy atom. The highest BCUT2D eigenvalue weighted by atomic mass is 19.1. The summed E-state index contributed by atoms with van der Waals surface area (Å²) in [7, 11) is 1.97. The topological polar surface area (TPSA) is 112 Å². The Labute approximate surface area is 223 Å². The number of aldehydes is 1. The van der Waals surface area contributed by atoms with Crippen LogP contribution in [0.3, 0.4) is 0 Å². The number of ether oxygens (including phenoxy) is 1. The van der Waals surface area contributed by atoms with Gasteiger partial charge in [0.25, 0.3) is 0 Å². The number of carbonyl (C=O) groups excluding carboxylic acids is 2. The number of hydrogen-bond acceptors (Lipinski definition) is 6. The molecule has 3 aromatic carbocycles. The minimum Gasteiger partial charge on any atom is -0.457 e. The Kier molecular flexibility index (Phi) is 17.3. The standard InChI is InChI=1S/C17H20FNO.C7H8.C4H5N3O.CH3NO/c1-19-13-3-2-4-14-5-9-16(10-6-14)20-17-11-7-15(18)8-12-17;1-7-5-3-2-4-6-7;8-2-1-7-4-5-3-6-7;2-1-3/h5-12,19H,2-4,13H2,1H3;2-6H,1H3;2-4H,1H2;1H,(H2,2,3). The van der Waals surface area contributed by atoms with E-state index in [0.717, 1.165) is 25.0 Å². The molecule has 0 saturated heterocycles. The van der Waals surface area contributed by atoms with Gasteiger partial charge in [-0.15, -0.1) is 0 Å². The van der Waals surface area contributed by atoms with Gasteiger partial charge in [-0.2, -0.15) is 5.10 Å². The molecule has 1 heterocycles. The van der Waals surface area contributed by atoms with Crippen molar-refractivity contribution in [3.63, 3.8) is 0 Å². The maximum atomic E-state index is 12.8. The van der Waals surface area contributed by atoms with E-state index in [0.29, 0.717) is 12.3 Å². The van der Waals surface area contributed by atoms with Crippen LogP contribution in [-0.2, 0) is 22.6 Å². The third-order valence-electron chi connectivity index (χ3n) is 4.78. The normalized spacial score (nSPS) is 9.34. The van der Waals surface area contributed by atoms with Crippen molar-refractivity contribution in [3.05, 3.63) is 108 Å². The third-order valence-corrected chi connectivity index (χ3v) is 4.78. The van der Waals surface area contributed by atoms with E-state index in [2.05, 4.69) is 52.3 Å². The number of hydrogen-bond donors (Lipinski definition) is 2. The van der Waals surface area contributed by atoms with Crippen molar-refractivity contribution in [2.75, 3.05) is 13.6 Å². The highest BCUT2D eigenvalue weighted by Gasteiger charge is 1.99. The van der Waals surface area contributed by atoms with Crippen molar-refractivity contribution in [3.8, 4) is 11.5 Å². The Hall–Kier alpha value is -4.37. The second-order valence-electron chi connectivity index (χ2n) is 7.84. The van der Waals surface area contributed by atoms with Gasteiger partial charge in [-0.25, -0.2) is 14.1 Å². The van der Waals surface area contributed by atoms with E-state index in [4.69, 9.17) is 9.53 Å². The van der Waals surface area contributed by atoms with Gasteiger partial charge in [0.05, 0.1) is 6.54 Å². The number of aromatic nitrogens is 3. The van der Waals surface area contributed by atoms with Gasteiger partial charge in [0.2, 0.25) is 6.41 Å². The van der Waals surface area contributed by atoms with E-state index in [1.54, 1.807) is 12.1 Å². The van der Waals surface area contributed by atoms with E-state index in [1.807, 2.05) is 37.4 Å². The predicted octanol–water partition coefficient (Wildman–Crippen LogP) is 4.73. The zero-order valence-electron chi connectivity index (χ0n) is 21.9. The molecule has 38 heavy (non-hydrogen) atoms. The summed E-state index contributed by atoms with van der Waals surface area (Å²) in [6.07, 6.45) is 7.36. The summed E-state index contributed by atoms with van der Waals surface area (Å²) in [4.78, 5) is 22.0. The lowest BCUT2D eigenvalue weighted by molar-refractivity contribution is -0.108. The molecule has 202 valence electrons. The van der Waals surface area contributed by atoms with Crippen molar-refractivity contribution in [2.45, 2.75) is 32.7 Å². The lowest BCUT2D eigenvalue weighted by Gasteiger charge is -2.07. The van der Waals surface area contributed by atoms with Crippen LogP contribution in [0.25, 0.3) is 0 Å². The number of carbonyl (C=O) groups is 2. The molecule has 9 heteroatoms. The van der Waals surface area contributed by atoms with E-state index in [9.17, 15) is 9.18 Å². The fourth-order valence-corrected chi connectivity index (χ4v) is 2.93. The molecule has 0 aliphatic heterocycles. The van der Waals surface area contributed by atoms with Gasteiger partial charge in [0.1, 0.15) is 36.3 Å². The SMILES string of the molecule is CNCCCCc1ccc(Oc2ccc(F)cc2)cc1.Cc1ccccc1.NC=O.O=CCn1cncn1. The molecule has 1 amide bonds. The fourth-order valence-electron chi connectivity index (χ4n) is 2.93. The smallest absolute Gasteiger partial charge is 0.204 e. The van der Waals surface area contributed by atoms with Crippen LogP contribution >= 0.6 is 0 Å². The second-order valence-corrected chi connectivity index (χ2v) is 7.84. The number of halogens is 1. The molecular formula is C29H36FN5O3. The molecule has 4 rings (SSSR count). The van der Waals surface area contributed by atoms with Crippen LogP contribution in [0, 0.1) is 12.7 Å². The molecule has 0 spiro atoms. The molecule has 0 unspecified atom stereocenters. The maximum absolute atomic E-state index is 12.8. The van der Waals surface area contributed by atoms with Crippen LogP contribution in [0.2, 0.25) is 0 Å². The Morgan fingerprint density at radius 3 is 2.03 bits per heavy atom. The Balaban J connectivity index is 0.000000326. The summed E-state index contributed by atoms with van der Waals surface area (Å²) >= 11 is 0. The number of aryl methyl sites for hydroxylation is 2. The average molecular weight is 522 g/mol. The number of nitrogens with zero attached hydrogens (tertiary/aromatic N) is 3. The minimum atomic E-state index is -0.255. The lowest BCUT2D eigenvalue weighted by Crippen LogP contribution is -2.07. The van der Waals surface area contributed by atoms with Crippen LogP contribution < -0.4 is 15.8 Å². The Bertz CT molecular complexity index is 1110. The monoisotopic (exact) mass is 521 g/mol. The van der Waals surface area contributed by atoms with Crippen LogP contribution in [0.15, 0.2) is 91.5 Å². The molecule has 3 N–H and O–H groups in total. The van der Waals surface area contributed by atoms with E-state index in [1.165, 1.54) is 53.4 Å². The number of rotatable bonds is 9. The molecule has 1 aromatic heterocycles. The summed E-state index contributed by atoms with van der Waals surface area (Å²) in [5, 5.41) is 6.83. The van der Waals surface area contributed by atoms with Gasteiger partial charge in [-0.05, 0) is 81.7 Å². The van der Waals surface area contributed by atoms with Gasteiger partial charge in [-0.3, -0.25) is 4.79 Å². The summed E-state index contributed by atoms with van der Waals surface area (Å²) in [5.41, 5.74) is 6.80. The van der Waals surface area contributed by atoms with Crippen molar-refractivity contribution >= 4 is 12.7 Å². The summed E-state index contributed by atoms with van der Waals surface area (Å²) in [6, 6.07) is 24.4. The predicted molar refractivity (Wildman–Crippen MR) is 147 cm³/mol. The number of primary amides is 1. The molecular weight excluding hydrogens is 485 g/mol. The second kappa shape index (κ2) is 20.8. The fraction of sp³-hybridized carbons (Fsp3) is 0.241. The molecule has 4 aromatic rings. The number of nitrogens with two attached hydrogens (primary N) is 1. The molecule has 0 bridgehead atoms. The number of nitrogens with one attached hydrogen (secondary N) is 1. The van der Waals surface area contributed by atoms with Crippen molar-refractivity contribution in [1.82, 2.24) is 20.1 Å².